The number of para-hydroxylation sites is 1. The predicted molar refractivity (Wildman–Crippen MR) is 72.0 cm³/mol. The quantitative estimate of drug-likeness (QED) is 0.741. The third-order valence-corrected chi connectivity index (χ3v) is 2.53. The van der Waals surface area contributed by atoms with E-state index in [-0.39, 0.29) is 11.9 Å². The van der Waals surface area contributed by atoms with Crippen molar-refractivity contribution in [1.82, 2.24) is 15.0 Å². The molecular formula is C12H16N6. The Kier molecular flexibility index (Phi) is 3.57. The van der Waals surface area contributed by atoms with E-state index >= 15 is 0 Å². The Morgan fingerprint density at radius 1 is 1.06 bits per heavy atom. The zero-order chi connectivity index (χ0) is 13.0. The largest absolute Gasteiger partial charge is 0.384 e. The van der Waals surface area contributed by atoms with Crippen LogP contribution in [0.4, 0.5) is 17.6 Å². The van der Waals surface area contributed by atoms with Crippen molar-refractivity contribution in [2.45, 2.75) is 13.3 Å². The SMILES string of the molecule is Cc1ccccc1NCCc1nc(N)nc(N)n1. The van der Waals surface area contributed by atoms with E-state index in [1.54, 1.807) is 0 Å². The molecule has 2 rings (SSSR count). The molecule has 0 atom stereocenters. The van der Waals surface area contributed by atoms with Gasteiger partial charge in [0.15, 0.2) is 0 Å². The summed E-state index contributed by atoms with van der Waals surface area (Å²) in [7, 11) is 0. The average molecular weight is 244 g/mol. The van der Waals surface area contributed by atoms with Crippen LogP contribution in [0.25, 0.3) is 0 Å². The van der Waals surface area contributed by atoms with Crippen LogP contribution in [-0.4, -0.2) is 21.5 Å². The third kappa shape index (κ3) is 3.07. The van der Waals surface area contributed by atoms with Crippen molar-refractivity contribution >= 4 is 17.6 Å². The first-order valence-corrected chi connectivity index (χ1v) is 5.70. The molecule has 18 heavy (non-hydrogen) atoms. The minimum atomic E-state index is 0.161. The van der Waals surface area contributed by atoms with Gasteiger partial charge in [-0.25, -0.2) is 0 Å². The Hall–Kier alpha value is -2.37. The van der Waals surface area contributed by atoms with Gasteiger partial charge >= 0.3 is 0 Å². The van der Waals surface area contributed by atoms with Gasteiger partial charge in [-0.15, -0.1) is 0 Å². The van der Waals surface area contributed by atoms with Gasteiger partial charge in [-0.3, -0.25) is 0 Å². The molecule has 0 fully saturated rings. The number of hydrogen-bond donors (Lipinski definition) is 3. The molecule has 1 heterocycles. The lowest BCUT2D eigenvalue weighted by Gasteiger charge is -2.08. The molecule has 2 aromatic rings. The van der Waals surface area contributed by atoms with Gasteiger partial charge < -0.3 is 16.8 Å². The highest BCUT2D eigenvalue weighted by atomic mass is 15.1. The number of aryl methyl sites for hydroxylation is 1. The summed E-state index contributed by atoms with van der Waals surface area (Å²) in [4.78, 5) is 11.8. The maximum atomic E-state index is 5.50. The predicted octanol–water partition coefficient (Wildman–Crippen LogP) is 0.999. The second-order valence-corrected chi connectivity index (χ2v) is 3.96. The average Bonchev–Trinajstić information content (AvgIpc) is 2.30. The van der Waals surface area contributed by atoms with E-state index in [1.165, 1.54) is 5.56 Å². The fourth-order valence-electron chi connectivity index (χ4n) is 1.65. The first kappa shape index (κ1) is 12.1. The Morgan fingerprint density at radius 3 is 2.39 bits per heavy atom. The number of nitrogens with zero attached hydrogens (tertiary/aromatic N) is 3. The molecule has 0 bridgehead atoms. The zero-order valence-electron chi connectivity index (χ0n) is 10.2. The van der Waals surface area contributed by atoms with E-state index < -0.39 is 0 Å². The van der Waals surface area contributed by atoms with Gasteiger partial charge in [0.05, 0.1) is 0 Å². The number of nitrogens with two attached hydrogens (primary N) is 2. The van der Waals surface area contributed by atoms with E-state index in [0.29, 0.717) is 18.8 Å². The van der Waals surface area contributed by atoms with Crippen LogP contribution in [0.15, 0.2) is 24.3 Å². The van der Waals surface area contributed by atoms with Crippen molar-refractivity contribution in [1.29, 1.82) is 0 Å². The van der Waals surface area contributed by atoms with E-state index in [1.807, 2.05) is 18.2 Å². The lowest BCUT2D eigenvalue weighted by Crippen LogP contribution is -2.11. The molecule has 0 aliphatic heterocycles. The molecule has 6 nitrogen and oxygen atoms in total. The summed E-state index contributed by atoms with van der Waals surface area (Å²) in [5.74, 6) is 0.919. The smallest absolute Gasteiger partial charge is 0.225 e. The van der Waals surface area contributed by atoms with Crippen molar-refractivity contribution in [2.75, 3.05) is 23.3 Å². The first-order chi connectivity index (χ1) is 8.65. The normalized spacial score (nSPS) is 10.3. The topological polar surface area (TPSA) is 103 Å². The summed E-state index contributed by atoms with van der Waals surface area (Å²) in [5.41, 5.74) is 13.3. The minimum absolute atomic E-state index is 0.161. The van der Waals surface area contributed by atoms with Crippen LogP contribution in [0.2, 0.25) is 0 Å². The highest BCUT2D eigenvalue weighted by Crippen LogP contribution is 2.12. The molecule has 5 N–H and O–H groups in total. The number of hydrogen-bond acceptors (Lipinski definition) is 6. The van der Waals surface area contributed by atoms with Gasteiger partial charge in [0.1, 0.15) is 5.82 Å². The van der Waals surface area contributed by atoms with Crippen LogP contribution in [0.5, 0.6) is 0 Å². The Balaban J connectivity index is 1.94. The van der Waals surface area contributed by atoms with E-state index in [2.05, 4.69) is 33.3 Å². The van der Waals surface area contributed by atoms with Gasteiger partial charge in [0.2, 0.25) is 11.9 Å². The lowest BCUT2D eigenvalue weighted by atomic mass is 10.2. The molecule has 1 aromatic heterocycles. The minimum Gasteiger partial charge on any atom is -0.384 e. The van der Waals surface area contributed by atoms with Crippen molar-refractivity contribution < 1.29 is 0 Å². The second kappa shape index (κ2) is 5.31. The Morgan fingerprint density at radius 2 is 1.72 bits per heavy atom. The zero-order valence-corrected chi connectivity index (χ0v) is 10.2. The number of aromatic nitrogens is 3. The molecule has 0 saturated heterocycles. The van der Waals surface area contributed by atoms with E-state index in [4.69, 9.17) is 11.5 Å². The second-order valence-electron chi connectivity index (χ2n) is 3.96. The molecule has 94 valence electrons. The highest BCUT2D eigenvalue weighted by molar-refractivity contribution is 5.50. The highest BCUT2D eigenvalue weighted by Gasteiger charge is 2.02. The molecule has 1 aromatic carbocycles. The maximum absolute atomic E-state index is 5.50. The number of rotatable bonds is 4. The van der Waals surface area contributed by atoms with Crippen LogP contribution >= 0.6 is 0 Å². The molecule has 0 aliphatic carbocycles. The Labute approximate surface area is 105 Å². The molecule has 0 amide bonds. The third-order valence-electron chi connectivity index (χ3n) is 2.53. The molecule has 0 aliphatic rings. The first-order valence-electron chi connectivity index (χ1n) is 5.70. The van der Waals surface area contributed by atoms with E-state index in [0.717, 1.165) is 5.69 Å². The summed E-state index contributed by atoms with van der Waals surface area (Å²) in [6.07, 6.45) is 0.644. The molecule has 0 radical (unpaired) electrons. The van der Waals surface area contributed by atoms with Crippen LogP contribution in [-0.2, 0) is 6.42 Å². The summed E-state index contributed by atoms with van der Waals surface area (Å²) < 4.78 is 0. The Bertz CT molecular complexity index is 520. The summed E-state index contributed by atoms with van der Waals surface area (Å²) in [5, 5.41) is 3.32. The van der Waals surface area contributed by atoms with Gasteiger partial charge in [-0.2, -0.15) is 15.0 Å². The lowest BCUT2D eigenvalue weighted by molar-refractivity contribution is 0.878. The number of benzene rings is 1. The van der Waals surface area contributed by atoms with Crippen molar-refractivity contribution in [3.05, 3.63) is 35.7 Å². The maximum Gasteiger partial charge on any atom is 0.225 e. The summed E-state index contributed by atoms with van der Waals surface area (Å²) >= 11 is 0. The molecule has 0 unspecified atom stereocenters. The van der Waals surface area contributed by atoms with Gasteiger partial charge in [0.25, 0.3) is 0 Å². The molecule has 6 heteroatoms. The van der Waals surface area contributed by atoms with Crippen molar-refractivity contribution in [3.8, 4) is 0 Å². The van der Waals surface area contributed by atoms with Crippen LogP contribution in [0, 0.1) is 6.92 Å². The van der Waals surface area contributed by atoms with Crippen molar-refractivity contribution in [2.24, 2.45) is 0 Å². The number of nitrogens with one attached hydrogen (secondary N) is 1. The fourth-order valence-corrected chi connectivity index (χ4v) is 1.65. The monoisotopic (exact) mass is 244 g/mol. The van der Waals surface area contributed by atoms with Crippen LogP contribution < -0.4 is 16.8 Å². The summed E-state index contributed by atoms with van der Waals surface area (Å²) in [6, 6.07) is 8.09. The van der Waals surface area contributed by atoms with Crippen LogP contribution in [0.3, 0.4) is 0 Å². The van der Waals surface area contributed by atoms with Crippen molar-refractivity contribution in [3.63, 3.8) is 0 Å². The fraction of sp³-hybridized carbons (Fsp3) is 0.250. The molecule has 0 spiro atoms. The molecular weight excluding hydrogens is 228 g/mol. The van der Waals surface area contributed by atoms with Gasteiger partial charge in [-0.1, -0.05) is 18.2 Å². The van der Waals surface area contributed by atoms with Crippen LogP contribution in [0.1, 0.15) is 11.4 Å². The standard InChI is InChI=1S/C12H16N6/c1-8-4-2-3-5-9(8)15-7-6-10-16-11(13)18-12(14)17-10/h2-5,15H,6-7H2,1H3,(H4,13,14,16,17,18). The van der Waals surface area contributed by atoms with Gasteiger partial charge in [0, 0.05) is 18.7 Å². The van der Waals surface area contributed by atoms with Gasteiger partial charge in [-0.05, 0) is 18.6 Å². The molecule has 0 saturated carbocycles. The number of anilines is 3. The number of nitrogen functional groups attached to an aromatic ring is 2. The van der Waals surface area contributed by atoms with E-state index in [9.17, 15) is 0 Å². The summed E-state index contributed by atoms with van der Waals surface area (Å²) in [6.45, 7) is 2.77.